The molecular weight excluding hydrogens is 324 g/mol. The summed E-state index contributed by atoms with van der Waals surface area (Å²) in [5.74, 6) is -1.03. The van der Waals surface area contributed by atoms with Crippen molar-refractivity contribution in [1.29, 1.82) is 0 Å². The average molecular weight is 340 g/mol. The quantitative estimate of drug-likeness (QED) is 0.870. The fourth-order valence-electron chi connectivity index (χ4n) is 1.96. The number of hydrogen-bond acceptors (Lipinski definition) is 2. The van der Waals surface area contributed by atoms with Crippen molar-refractivity contribution in [3.8, 4) is 5.75 Å². The number of hydrogen-bond donors (Lipinski definition) is 1. The van der Waals surface area contributed by atoms with Gasteiger partial charge in [-0.3, -0.25) is 4.79 Å². The van der Waals surface area contributed by atoms with Crippen LogP contribution >= 0.6 is 11.6 Å². The fourth-order valence-corrected chi connectivity index (χ4v) is 2.09. The lowest BCUT2D eigenvalue weighted by molar-refractivity contribution is -0.127. The molecule has 1 N–H and O–H groups in total. The van der Waals surface area contributed by atoms with Gasteiger partial charge in [-0.15, -0.1) is 0 Å². The fraction of sp³-hybridized carbons (Fsp3) is 0.235. The molecule has 0 aliphatic heterocycles. The van der Waals surface area contributed by atoms with E-state index in [0.717, 1.165) is 6.07 Å². The molecule has 6 heteroatoms. The zero-order chi connectivity index (χ0) is 16.8. The topological polar surface area (TPSA) is 38.3 Å². The molecule has 122 valence electrons. The number of carbonyl (C=O) groups is 1. The van der Waals surface area contributed by atoms with Gasteiger partial charge < -0.3 is 10.1 Å². The van der Waals surface area contributed by atoms with Gasteiger partial charge in [0.05, 0.1) is 0 Å². The van der Waals surface area contributed by atoms with E-state index in [-0.39, 0.29) is 18.9 Å². The molecule has 0 radical (unpaired) electrons. The smallest absolute Gasteiger partial charge is 0.260 e. The molecule has 0 bridgehead atoms. The summed E-state index contributed by atoms with van der Waals surface area (Å²) < 4.78 is 31.7. The highest BCUT2D eigenvalue weighted by Crippen LogP contribution is 2.16. The van der Waals surface area contributed by atoms with E-state index in [9.17, 15) is 13.6 Å². The second kappa shape index (κ2) is 7.92. The highest BCUT2D eigenvalue weighted by molar-refractivity contribution is 6.30. The van der Waals surface area contributed by atoms with Gasteiger partial charge in [0.15, 0.2) is 6.10 Å². The Morgan fingerprint density at radius 3 is 2.57 bits per heavy atom. The Balaban J connectivity index is 1.80. The number of rotatable bonds is 6. The second-order valence-corrected chi connectivity index (χ2v) is 5.43. The number of carbonyl (C=O) groups excluding carboxylic acids is 1. The van der Waals surface area contributed by atoms with Crippen LogP contribution in [0.1, 0.15) is 12.5 Å². The van der Waals surface area contributed by atoms with Crippen LogP contribution in [0.3, 0.4) is 0 Å². The number of amides is 1. The summed E-state index contributed by atoms with van der Waals surface area (Å²) in [6.45, 7) is 1.85. The molecule has 0 saturated heterocycles. The monoisotopic (exact) mass is 339 g/mol. The van der Waals surface area contributed by atoms with Gasteiger partial charge in [0.2, 0.25) is 0 Å². The number of ether oxygens (including phenoxy) is 1. The van der Waals surface area contributed by atoms with Gasteiger partial charge in [0, 0.05) is 17.6 Å². The van der Waals surface area contributed by atoms with Crippen LogP contribution in [0.4, 0.5) is 8.78 Å². The molecule has 0 aromatic heterocycles. The molecule has 2 rings (SSSR count). The van der Waals surface area contributed by atoms with E-state index in [2.05, 4.69) is 5.32 Å². The Morgan fingerprint density at radius 2 is 1.91 bits per heavy atom. The summed E-state index contributed by atoms with van der Waals surface area (Å²) in [7, 11) is 0. The molecule has 0 aliphatic rings. The zero-order valence-corrected chi connectivity index (χ0v) is 13.2. The molecule has 1 amide bonds. The van der Waals surface area contributed by atoms with Gasteiger partial charge in [0.1, 0.15) is 17.4 Å². The predicted octanol–water partition coefficient (Wildman–Crippen LogP) is 3.74. The average Bonchev–Trinajstić information content (AvgIpc) is 2.51. The minimum Gasteiger partial charge on any atom is -0.481 e. The summed E-state index contributed by atoms with van der Waals surface area (Å²) in [5, 5.41) is 3.23. The van der Waals surface area contributed by atoms with E-state index in [4.69, 9.17) is 16.3 Å². The second-order valence-electron chi connectivity index (χ2n) is 4.99. The lowest BCUT2D eigenvalue weighted by Gasteiger charge is -2.15. The highest BCUT2D eigenvalue weighted by Gasteiger charge is 2.14. The first-order valence-corrected chi connectivity index (χ1v) is 7.47. The minimum absolute atomic E-state index is 0.232. The SMILES string of the molecule is CC(Oc1ccc(Cl)cc1)C(=O)NCCc1ccc(F)cc1F. The van der Waals surface area contributed by atoms with Crippen LogP contribution in [0.15, 0.2) is 42.5 Å². The standard InChI is InChI=1S/C17H16ClF2NO2/c1-11(23-15-6-3-13(18)4-7-15)17(22)21-9-8-12-2-5-14(19)10-16(12)20/h2-7,10-11H,8-9H2,1H3,(H,21,22). The van der Waals surface area contributed by atoms with Crippen molar-refractivity contribution in [2.75, 3.05) is 6.54 Å². The van der Waals surface area contributed by atoms with Crippen LogP contribution in [0.2, 0.25) is 5.02 Å². The third-order valence-corrected chi connectivity index (χ3v) is 3.46. The van der Waals surface area contributed by atoms with Gasteiger partial charge in [-0.25, -0.2) is 8.78 Å². The molecule has 1 atom stereocenters. The molecule has 0 spiro atoms. The Kier molecular flexibility index (Phi) is 5.93. The summed E-state index contributed by atoms with van der Waals surface area (Å²) in [6, 6.07) is 10.0. The van der Waals surface area contributed by atoms with Crippen molar-refractivity contribution in [3.63, 3.8) is 0 Å². The first-order valence-electron chi connectivity index (χ1n) is 7.09. The maximum atomic E-state index is 13.5. The van der Waals surface area contributed by atoms with Gasteiger partial charge >= 0.3 is 0 Å². The van der Waals surface area contributed by atoms with Crippen molar-refractivity contribution >= 4 is 17.5 Å². The van der Waals surface area contributed by atoms with E-state index >= 15 is 0 Å². The zero-order valence-electron chi connectivity index (χ0n) is 12.5. The summed E-state index contributed by atoms with van der Waals surface area (Å²) in [4.78, 5) is 11.9. The third kappa shape index (κ3) is 5.21. The lowest BCUT2D eigenvalue weighted by Crippen LogP contribution is -2.37. The van der Waals surface area contributed by atoms with Gasteiger partial charge in [-0.1, -0.05) is 17.7 Å². The van der Waals surface area contributed by atoms with Crippen LogP contribution in [0.25, 0.3) is 0 Å². The van der Waals surface area contributed by atoms with Crippen molar-refractivity contribution < 1.29 is 18.3 Å². The molecule has 3 nitrogen and oxygen atoms in total. The highest BCUT2D eigenvalue weighted by atomic mass is 35.5. The van der Waals surface area contributed by atoms with E-state index in [1.54, 1.807) is 31.2 Å². The van der Waals surface area contributed by atoms with Gasteiger partial charge in [-0.05, 0) is 49.2 Å². The van der Waals surface area contributed by atoms with Crippen molar-refractivity contribution in [2.45, 2.75) is 19.4 Å². The Labute approximate surface area is 138 Å². The number of halogens is 3. The third-order valence-electron chi connectivity index (χ3n) is 3.20. The van der Waals surface area contributed by atoms with Crippen molar-refractivity contribution in [2.24, 2.45) is 0 Å². The van der Waals surface area contributed by atoms with E-state index in [1.165, 1.54) is 12.1 Å². The predicted molar refractivity (Wildman–Crippen MR) is 84.6 cm³/mol. The lowest BCUT2D eigenvalue weighted by atomic mass is 10.1. The molecular formula is C17H16ClF2NO2. The maximum absolute atomic E-state index is 13.5. The van der Waals surface area contributed by atoms with E-state index in [1.807, 2.05) is 0 Å². The summed E-state index contributed by atoms with van der Waals surface area (Å²) in [5.41, 5.74) is 0.345. The maximum Gasteiger partial charge on any atom is 0.260 e. The molecule has 23 heavy (non-hydrogen) atoms. The largest absolute Gasteiger partial charge is 0.481 e. The van der Waals surface area contributed by atoms with Crippen LogP contribution < -0.4 is 10.1 Å². The first-order chi connectivity index (χ1) is 11.0. The van der Waals surface area contributed by atoms with Crippen LogP contribution in [-0.4, -0.2) is 18.6 Å². The molecule has 0 fully saturated rings. The summed E-state index contributed by atoms with van der Waals surface area (Å²) >= 11 is 5.77. The normalized spacial score (nSPS) is 11.8. The van der Waals surface area contributed by atoms with Crippen LogP contribution in [0.5, 0.6) is 5.75 Å². The van der Waals surface area contributed by atoms with Crippen molar-refractivity contribution in [1.82, 2.24) is 5.32 Å². The molecule has 2 aromatic carbocycles. The summed E-state index contributed by atoms with van der Waals surface area (Å²) in [6.07, 6.45) is -0.430. The molecule has 2 aromatic rings. The van der Waals surface area contributed by atoms with Crippen LogP contribution in [-0.2, 0) is 11.2 Å². The number of nitrogens with one attached hydrogen (secondary N) is 1. The van der Waals surface area contributed by atoms with E-state index in [0.29, 0.717) is 16.3 Å². The van der Waals surface area contributed by atoms with Crippen molar-refractivity contribution in [3.05, 3.63) is 64.7 Å². The minimum atomic E-state index is -0.700. The van der Waals surface area contributed by atoms with Gasteiger partial charge in [-0.2, -0.15) is 0 Å². The molecule has 0 saturated carbocycles. The molecule has 0 heterocycles. The van der Waals surface area contributed by atoms with Gasteiger partial charge in [0.25, 0.3) is 5.91 Å². The van der Waals surface area contributed by atoms with Crippen LogP contribution in [0, 0.1) is 11.6 Å². The first kappa shape index (κ1) is 17.2. The molecule has 0 aliphatic carbocycles. The Bertz CT molecular complexity index is 677. The molecule has 1 unspecified atom stereocenters. The van der Waals surface area contributed by atoms with E-state index < -0.39 is 17.7 Å². The Hall–Kier alpha value is -2.14. The Morgan fingerprint density at radius 1 is 1.22 bits per heavy atom. The number of benzene rings is 2.